The molecule has 0 aliphatic rings. The van der Waals surface area contributed by atoms with E-state index >= 15 is 0 Å². The number of carbonyl (C=O) groups is 2. The molecule has 2 aromatic rings. The van der Waals surface area contributed by atoms with E-state index in [1.165, 1.54) is 24.1 Å². The number of ether oxygens (including phenoxy) is 1. The Morgan fingerprint density at radius 2 is 1.82 bits per heavy atom. The van der Waals surface area contributed by atoms with Crippen molar-refractivity contribution >= 4 is 50.7 Å². The molecule has 180 valence electrons. The van der Waals surface area contributed by atoms with Gasteiger partial charge in [0.1, 0.15) is 18.3 Å². The molecular weight excluding hydrogens is 489 g/mol. The first kappa shape index (κ1) is 26.8. The maximum absolute atomic E-state index is 13.4. The van der Waals surface area contributed by atoms with Crippen molar-refractivity contribution in [2.24, 2.45) is 0 Å². The first-order valence-electron chi connectivity index (χ1n) is 10.1. The van der Waals surface area contributed by atoms with Gasteiger partial charge in [-0.15, -0.1) is 0 Å². The monoisotopic (exact) mass is 515 g/mol. The first-order valence-corrected chi connectivity index (χ1v) is 12.7. The Hall–Kier alpha value is -2.49. The molecule has 11 heteroatoms. The van der Waals surface area contributed by atoms with E-state index in [0.717, 1.165) is 10.6 Å². The van der Waals surface area contributed by atoms with Gasteiger partial charge in [0.15, 0.2) is 0 Å². The zero-order chi connectivity index (χ0) is 24.8. The Labute approximate surface area is 204 Å². The largest absolute Gasteiger partial charge is 0.495 e. The van der Waals surface area contributed by atoms with Crippen LogP contribution in [0.3, 0.4) is 0 Å². The molecular formula is C22H27Cl2N3O5S. The van der Waals surface area contributed by atoms with Gasteiger partial charge in [-0.2, -0.15) is 0 Å². The molecule has 0 saturated heterocycles. The molecule has 0 aliphatic heterocycles. The van der Waals surface area contributed by atoms with Gasteiger partial charge in [-0.3, -0.25) is 13.9 Å². The van der Waals surface area contributed by atoms with Gasteiger partial charge >= 0.3 is 0 Å². The summed E-state index contributed by atoms with van der Waals surface area (Å²) in [7, 11) is -2.53. The van der Waals surface area contributed by atoms with Crippen molar-refractivity contribution in [3.05, 3.63) is 58.1 Å². The number of anilines is 1. The fourth-order valence-corrected chi connectivity index (χ4v) is 4.37. The van der Waals surface area contributed by atoms with Gasteiger partial charge in [0.05, 0.1) is 19.1 Å². The zero-order valence-electron chi connectivity index (χ0n) is 18.8. The highest BCUT2D eigenvalue weighted by atomic mass is 35.5. The number of amides is 2. The van der Waals surface area contributed by atoms with Gasteiger partial charge in [-0.1, -0.05) is 41.4 Å². The van der Waals surface area contributed by atoms with Gasteiger partial charge in [0.2, 0.25) is 21.8 Å². The minimum Gasteiger partial charge on any atom is -0.495 e. The number of nitrogens with zero attached hydrogens (tertiary/aromatic N) is 2. The van der Waals surface area contributed by atoms with Gasteiger partial charge < -0.3 is 15.0 Å². The maximum atomic E-state index is 13.4. The van der Waals surface area contributed by atoms with Crippen molar-refractivity contribution in [1.29, 1.82) is 0 Å². The topological polar surface area (TPSA) is 96.0 Å². The summed E-state index contributed by atoms with van der Waals surface area (Å²) in [6.45, 7) is 3.17. The van der Waals surface area contributed by atoms with Gasteiger partial charge in [-0.05, 0) is 43.7 Å². The van der Waals surface area contributed by atoms with E-state index in [1.807, 2.05) is 0 Å². The standard InChI is InChI=1S/C22H27Cl2N3O5S/c1-5-25-22(29)15(2)26(13-16-8-6-7-9-18(16)24)21(28)14-27(33(4,30)31)19-12-17(23)10-11-20(19)32-3/h6-12,15H,5,13-14H2,1-4H3,(H,25,29)/t15-/m1/s1. The van der Waals surface area contributed by atoms with E-state index in [-0.39, 0.29) is 28.9 Å². The van der Waals surface area contributed by atoms with Crippen LogP contribution in [-0.2, 0) is 26.2 Å². The number of carbonyl (C=O) groups excluding carboxylic acids is 2. The van der Waals surface area contributed by atoms with Gasteiger partial charge in [0, 0.05) is 23.1 Å². The Kier molecular flexibility index (Phi) is 9.39. The lowest BCUT2D eigenvalue weighted by Gasteiger charge is -2.32. The summed E-state index contributed by atoms with van der Waals surface area (Å²) in [5.41, 5.74) is 0.735. The number of hydrogen-bond acceptors (Lipinski definition) is 5. The third-order valence-electron chi connectivity index (χ3n) is 4.91. The molecule has 0 radical (unpaired) electrons. The van der Waals surface area contributed by atoms with Crippen LogP contribution in [0, 0.1) is 0 Å². The number of methoxy groups -OCH3 is 1. The predicted molar refractivity (Wildman–Crippen MR) is 130 cm³/mol. The summed E-state index contributed by atoms with van der Waals surface area (Å²) < 4.78 is 31.5. The molecule has 8 nitrogen and oxygen atoms in total. The number of benzene rings is 2. The van der Waals surface area contributed by atoms with Crippen LogP contribution in [0.1, 0.15) is 19.4 Å². The van der Waals surface area contributed by atoms with Crippen molar-refractivity contribution in [2.75, 3.05) is 30.8 Å². The highest BCUT2D eigenvalue weighted by Crippen LogP contribution is 2.33. The van der Waals surface area contributed by atoms with Crippen molar-refractivity contribution in [1.82, 2.24) is 10.2 Å². The minimum absolute atomic E-state index is 0.0150. The van der Waals surface area contributed by atoms with E-state index < -0.39 is 28.5 Å². The molecule has 0 saturated carbocycles. The van der Waals surface area contributed by atoms with E-state index in [1.54, 1.807) is 44.2 Å². The Balaban J connectivity index is 2.47. The molecule has 0 bridgehead atoms. The predicted octanol–water partition coefficient (Wildman–Crippen LogP) is 3.32. The summed E-state index contributed by atoms with van der Waals surface area (Å²) in [5.74, 6) is -0.739. The lowest BCUT2D eigenvalue weighted by molar-refractivity contribution is -0.139. The summed E-state index contributed by atoms with van der Waals surface area (Å²) in [6.07, 6.45) is 0.978. The Morgan fingerprint density at radius 1 is 1.15 bits per heavy atom. The smallest absolute Gasteiger partial charge is 0.244 e. The number of likely N-dealkylation sites (N-methyl/N-ethyl adjacent to an activating group) is 1. The second-order valence-electron chi connectivity index (χ2n) is 7.27. The van der Waals surface area contributed by atoms with Crippen LogP contribution in [0.5, 0.6) is 5.75 Å². The SMILES string of the molecule is CCNC(=O)[C@@H](C)N(Cc1ccccc1Cl)C(=O)CN(c1cc(Cl)ccc1OC)S(C)(=O)=O. The molecule has 0 spiro atoms. The molecule has 1 N–H and O–H groups in total. The fraction of sp³-hybridized carbons (Fsp3) is 0.364. The molecule has 0 fully saturated rings. The van der Waals surface area contributed by atoms with Gasteiger partial charge in [-0.25, -0.2) is 8.42 Å². The van der Waals surface area contributed by atoms with E-state index in [2.05, 4.69) is 5.32 Å². The maximum Gasteiger partial charge on any atom is 0.244 e. The lowest BCUT2D eigenvalue weighted by atomic mass is 10.1. The minimum atomic E-state index is -3.91. The lowest BCUT2D eigenvalue weighted by Crippen LogP contribution is -2.51. The molecule has 0 heterocycles. The van der Waals surface area contributed by atoms with Crippen LogP contribution in [0.4, 0.5) is 5.69 Å². The first-order chi connectivity index (χ1) is 15.5. The summed E-state index contributed by atoms with van der Waals surface area (Å²) >= 11 is 12.4. The third-order valence-corrected chi connectivity index (χ3v) is 6.64. The second-order valence-corrected chi connectivity index (χ2v) is 10.0. The van der Waals surface area contributed by atoms with Crippen LogP contribution in [0.2, 0.25) is 10.0 Å². The normalized spacial score (nSPS) is 12.1. The highest BCUT2D eigenvalue weighted by Gasteiger charge is 2.31. The third kappa shape index (κ3) is 6.99. The number of halogens is 2. The zero-order valence-corrected chi connectivity index (χ0v) is 21.2. The van der Waals surface area contributed by atoms with E-state index in [9.17, 15) is 18.0 Å². The molecule has 0 unspecified atom stereocenters. The molecule has 0 aromatic heterocycles. The van der Waals surface area contributed by atoms with E-state index in [0.29, 0.717) is 17.1 Å². The average Bonchev–Trinajstić information content (AvgIpc) is 2.75. The van der Waals surface area contributed by atoms with Crippen LogP contribution in [-0.4, -0.2) is 57.6 Å². The molecule has 2 rings (SSSR count). The number of hydrogen-bond donors (Lipinski definition) is 1. The molecule has 0 aliphatic carbocycles. The highest BCUT2D eigenvalue weighted by molar-refractivity contribution is 7.92. The van der Waals surface area contributed by atoms with Crippen LogP contribution < -0.4 is 14.4 Å². The van der Waals surface area contributed by atoms with Crippen molar-refractivity contribution < 1.29 is 22.7 Å². The van der Waals surface area contributed by atoms with E-state index in [4.69, 9.17) is 27.9 Å². The average molecular weight is 516 g/mol. The summed E-state index contributed by atoms with van der Waals surface area (Å²) in [4.78, 5) is 27.3. The van der Waals surface area contributed by atoms with Crippen LogP contribution in [0.15, 0.2) is 42.5 Å². The van der Waals surface area contributed by atoms with Crippen molar-refractivity contribution in [2.45, 2.75) is 26.4 Å². The Morgan fingerprint density at radius 3 is 2.39 bits per heavy atom. The molecule has 2 amide bonds. The number of sulfonamides is 1. The molecule has 1 atom stereocenters. The summed E-state index contributed by atoms with van der Waals surface area (Å²) in [5, 5.41) is 3.39. The second kappa shape index (κ2) is 11.6. The number of nitrogens with one attached hydrogen (secondary N) is 1. The van der Waals surface area contributed by atoms with Crippen LogP contribution in [0.25, 0.3) is 0 Å². The number of rotatable bonds is 10. The van der Waals surface area contributed by atoms with Crippen molar-refractivity contribution in [3.8, 4) is 5.75 Å². The van der Waals surface area contributed by atoms with Crippen LogP contribution >= 0.6 is 23.2 Å². The Bertz CT molecular complexity index is 1110. The van der Waals surface area contributed by atoms with Crippen molar-refractivity contribution in [3.63, 3.8) is 0 Å². The molecule has 2 aromatic carbocycles. The molecule has 33 heavy (non-hydrogen) atoms. The quantitative estimate of drug-likeness (QED) is 0.523. The summed E-state index contributed by atoms with van der Waals surface area (Å²) in [6, 6.07) is 10.5. The van der Waals surface area contributed by atoms with Gasteiger partial charge in [0.25, 0.3) is 0 Å². The fourth-order valence-electron chi connectivity index (χ4n) is 3.17.